The number of methoxy groups -OCH3 is 1. The van der Waals surface area contributed by atoms with Crippen LogP contribution in [0.15, 0.2) is 93.4 Å². The molecule has 1 fully saturated rings. The Morgan fingerprint density at radius 2 is 1.97 bits per heavy atom. The molecule has 2 aromatic heterocycles. The third-order valence-corrected chi connectivity index (χ3v) is 7.53. The van der Waals surface area contributed by atoms with Gasteiger partial charge in [0, 0.05) is 29.3 Å². The fraction of sp³-hybridized carbons (Fsp3) is 0.207. The molecule has 0 bridgehead atoms. The first-order valence-electron chi connectivity index (χ1n) is 12.3. The van der Waals surface area contributed by atoms with E-state index >= 15 is 0 Å². The summed E-state index contributed by atoms with van der Waals surface area (Å²) in [5.74, 6) is 1.21. The van der Waals surface area contributed by atoms with E-state index in [1.54, 1.807) is 25.1 Å². The van der Waals surface area contributed by atoms with E-state index in [0.29, 0.717) is 23.0 Å². The number of carbonyl (C=O) groups is 1. The van der Waals surface area contributed by atoms with Crippen molar-refractivity contribution in [1.82, 2.24) is 10.3 Å². The number of amides is 1. The molecule has 7 nitrogen and oxygen atoms in total. The van der Waals surface area contributed by atoms with Gasteiger partial charge < -0.3 is 24.7 Å². The highest BCUT2D eigenvalue weighted by Gasteiger charge is 2.42. The number of ether oxygens (including phenoxy) is 1. The summed E-state index contributed by atoms with van der Waals surface area (Å²) in [7, 11) is 1.58. The lowest BCUT2D eigenvalue weighted by atomic mass is 10.0. The summed E-state index contributed by atoms with van der Waals surface area (Å²) < 4.78 is 12.0. The number of rotatable bonds is 8. The Kier molecular flexibility index (Phi) is 7.67. The van der Waals surface area contributed by atoms with Gasteiger partial charge in [-0.1, -0.05) is 42.4 Å². The van der Waals surface area contributed by atoms with E-state index in [-0.39, 0.29) is 18.0 Å². The zero-order chi connectivity index (χ0) is 26.6. The molecule has 1 amide bonds. The first-order valence-corrected chi connectivity index (χ1v) is 13.5. The van der Waals surface area contributed by atoms with Gasteiger partial charge in [-0.2, -0.15) is 0 Å². The zero-order valence-electron chi connectivity index (χ0n) is 21.3. The second-order valence-corrected chi connectivity index (χ2v) is 10.3. The molecule has 0 unspecified atom stereocenters. The Balaban J connectivity index is 1.52. The second kappa shape index (κ2) is 11.3. The van der Waals surface area contributed by atoms with Gasteiger partial charge in [-0.25, -0.2) is 0 Å². The van der Waals surface area contributed by atoms with Gasteiger partial charge in [-0.3, -0.25) is 9.78 Å². The number of nitrogens with zero attached hydrogens (tertiary/aromatic N) is 2. The summed E-state index contributed by atoms with van der Waals surface area (Å²) in [6.07, 6.45) is 2.15. The van der Waals surface area contributed by atoms with Crippen LogP contribution in [0.5, 0.6) is 5.75 Å². The number of hydrogen-bond acceptors (Lipinski definition) is 6. The standard InChI is InChI=1S/C29H28N4O3S2/c1-4-25(34)31-21-13-10-19(17-24(21)35-3)33-28(27(32-29(33)37)22-7-5-6-16-30-22)23-14-15-26(36-23)38-20-11-8-18(2)9-12-20/h5-17,27-28H,4H2,1-3H3,(H,31,34)(H,32,37)/t27-,28+/m0/s1. The summed E-state index contributed by atoms with van der Waals surface area (Å²) in [6.45, 7) is 3.88. The first-order chi connectivity index (χ1) is 18.5. The average molecular weight is 545 g/mol. The van der Waals surface area contributed by atoms with E-state index in [1.165, 1.54) is 5.56 Å². The Labute approximate surface area is 231 Å². The smallest absolute Gasteiger partial charge is 0.224 e. The molecular formula is C29H28N4O3S2. The van der Waals surface area contributed by atoms with E-state index in [9.17, 15) is 4.79 Å². The molecule has 0 spiro atoms. The second-order valence-electron chi connectivity index (χ2n) is 8.85. The molecule has 1 saturated heterocycles. The number of pyridine rings is 1. The van der Waals surface area contributed by atoms with Gasteiger partial charge in [-0.05, 0) is 67.7 Å². The highest BCUT2D eigenvalue weighted by atomic mass is 32.2. The number of aromatic nitrogens is 1. The number of furan rings is 1. The maximum Gasteiger partial charge on any atom is 0.224 e. The van der Waals surface area contributed by atoms with Gasteiger partial charge in [0.25, 0.3) is 0 Å². The van der Waals surface area contributed by atoms with E-state index in [2.05, 4.69) is 46.8 Å². The summed E-state index contributed by atoms with van der Waals surface area (Å²) in [5, 5.41) is 7.66. The van der Waals surface area contributed by atoms with Crippen LogP contribution in [0.1, 0.15) is 42.4 Å². The Morgan fingerprint density at radius 3 is 2.68 bits per heavy atom. The number of hydrogen-bond donors (Lipinski definition) is 2. The fourth-order valence-electron chi connectivity index (χ4n) is 4.36. The number of anilines is 2. The van der Waals surface area contributed by atoms with Crippen LogP contribution < -0.4 is 20.3 Å². The van der Waals surface area contributed by atoms with Crippen LogP contribution in [0.25, 0.3) is 0 Å². The van der Waals surface area contributed by atoms with Gasteiger partial charge in [-0.15, -0.1) is 0 Å². The molecule has 5 rings (SSSR count). The number of aryl methyl sites for hydroxylation is 1. The average Bonchev–Trinajstić information content (AvgIpc) is 3.54. The number of benzene rings is 2. The van der Waals surface area contributed by atoms with Crippen LogP contribution in [0.3, 0.4) is 0 Å². The monoisotopic (exact) mass is 544 g/mol. The minimum absolute atomic E-state index is 0.0864. The number of nitrogens with one attached hydrogen (secondary N) is 2. The normalized spacial score (nSPS) is 16.8. The molecule has 9 heteroatoms. The van der Waals surface area contributed by atoms with Crippen molar-refractivity contribution in [3.63, 3.8) is 0 Å². The lowest BCUT2D eigenvalue weighted by molar-refractivity contribution is -0.115. The molecule has 0 aliphatic carbocycles. The van der Waals surface area contributed by atoms with E-state index in [0.717, 1.165) is 27.1 Å². The molecular weight excluding hydrogens is 516 g/mol. The SMILES string of the molecule is CCC(=O)Nc1ccc(N2C(=S)N[C@@H](c3ccccn3)[C@H]2c2ccc(Sc3ccc(C)cc3)o2)cc1OC. The van der Waals surface area contributed by atoms with Gasteiger partial charge in [0.05, 0.1) is 24.5 Å². The number of thiocarbonyl (C=S) groups is 1. The third kappa shape index (κ3) is 5.39. The van der Waals surface area contributed by atoms with E-state index in [4.69, 9.17) is 21.4 Å². The molecule has 2 aromatic carbocycles. The van der Waals surface area contributed by atoms with Crippen LogP contribution in [0, 0.1) is 6.92 Å². The quantitative estimate of drug-likeness (QED) is 0.238. The van der Waals surface area contributed by atoms with Crippen molar-refractivity contribution in [2.45, 2.75) is 42.3 Å². The van der Waals surface area contributed by atoms with Crippen molar-refractivity contribution >= 4 is 46.4 Å². The van der Waals surface area contributed by atoms with Crippen molar-refractivity contribution in [2.75, 3.05) is 17.3 Å². The van der Waals surface area contributed by atoms with Crippen molar-refractivity contribution in [3.05, 3.63) is 96.0 Å². The van der Waals surface area contributed by atoms with E-state index < -0.39 is 0 Å². The minimum atomic E-state index is -0.300. The molecule has 1 aliphatic rings. The van der Waals surface area contributed by atoms with Gasteiger partial charge >= 0.3 is 0 Å². The van der Waals surface area contributed by atoms with Crippen molar-refractivity contribution < 1.29 is 13.9 Å². The highest BCUT2D eigenvalue weighted by molar-refractivity contribution is 7.99. The summed E-state index contributed by atoms with van der Waals surface area (Å²) >= 11 is 7.40. The lowest BCUT2D eigenvalue weighted by Gasteiger charge is -2.26. The maximum atomic E-state index is 12.0. The lowest BCUT2D eigenvalue weighted by Crippen LogP contribution is -2.29. The first kappa shape index (κ1) is 25.8. The van der Waals surface area contributed by atoms with Crippen LogP contribution in [0.2, 0.25) is 0 Å². The fourth-order valence-corrected chi connectivity index (χ4v) is 5.49. The zero-order valence-corrected chi connectivity index (χ0v) is 22.9. The predicted octanol–water partition coefficient (Wildman–Crippen LogP) is 6.67. The molecule has 1 aliphatic heterocycles. The highest BCUT2D eigenvalue weighted by Crippen LogP contribution is 2.44. The van der Waals surface area contributed by atoms with Crippen LogP contribution in [0.4, 0.5) is 11.4 Å². The summed E-state index contributed by atoms with van der Waals surface area (Å²) in [6, 6.07) is 23.2. The van der Waals surface area contributed by atoms with Crippen LogP contribution in [-0.2, 0) is 4.79 Å². The van der Waals surface area contributed by atoms with Crippen LogP contribution >= 0.6 is 24.0 Å². The van der Waals surface area contributed by atoms with Crippen molar-refractivity contribution in [2.24, 2.45) is 0 Å². The number of carbonyl (C=O) groups excluding carboxylic acids is 1. The van der Waals surface area contributed by atoms with Gasteiger partial charge in [0.15, 0.2) is 10.2 Å². The predicted molar refractivity (Wildman–Crippen MR) is 154 cm³/mol. The Hall–Kier alpha value is -3.82. The van der Waals surface area contributed by atoms with Crippen molar-refractivity contribution in [1.29, 1.82) is 0 Å². The third-order valence-electron chi connectivity index (χ3n) is 6.29. The molecule has 4 aromatic rings. The minimum Gasteiger partial charge on any atom is -0.494 e. The largest absolute Gasteiger partial charge is 0.494 e. The summed E-state index contributed by atoms with van der Waals surface area (Å²) in [5.41, 5.74) is 3.48. The molecule has 2 N–H and O–H groups in total. The molecule has 0 radical (unpaired) electrons. The molecule has 2 atom stereocenters. The van der Waals surface area contributed by atoms with Gasteiger partial charge in [0.1, 0.15) is 17.6 Å². The Morgan fingerprint density at radius 1 is 1.16 bits per heavy atom. The molecule has 0 saturated carbocycles. The molecule has 3 heterocycles. The molecule has 38 heavy (non-hydrogen) atoms. The Bertz CT molecular complexity index is 1440. The topological polar surface area (TPSA) is 79.6 Å². The summed E-state index contributed by atoms with van der Waals surface area (Å²) in [4.78, 5) is 19.7. The van der Waals surface area contributed by atoms with Gasteiger partial charge in [0.2, 0.25) is 5.91 Å². The van der Waals surface area contributed by atoms with Crippen LogP contribution in [-0.4, -0.2) is 23.1 Å². The van der Waals surface area contributed by atoms with E-state index in [1.807, 2.05) is 60.4 Å². The molecule has 194 valence electrons. The maximum absolute atomic E-state index is 12.0. The van der Waals surface area contributed by atoms with Crippen molar-refractivity contribution in [3.8, 4) is 5.75 Å².